The van der Waals surface area contributed by atoms with Crippen molar-refractivity contribution in [1.29, 1.82) is 0 Å². The summed E-state index contributed by atoms with van der Waals surface area (Å²) >= 11 is 0. The molecule has 3 saturated carbocycles. The van der Waals surface area contributed by atoms with Crippen molar-refractivity contribution in [2.24, 2.45) is 28.6 Å². The second-order valence-electron chi connectivity index (χ2n) is 9.36. The predicted octanol–water partition coefficient (Wildman–Crippen LogP) is 3.95. The quantitative estimate of drug-likeness (QED) is 0.777. The monoisotopic (exact) mass is 334 g/mol. The van der Waals surface area contributed by atoms with Crippen molar-refractivity contribution in [1.82, 2.24) is 0 Å². The lowest BCUT2D eigenvalue weighted by Crippen LogP contribution is -2.51. The molecule has 8 unspecified atom stereocenters. The van der Waals surface area contributed by atoms with E-state index in [1.54, 1.807) is 12.7 Å². The third kappa shape index (κ3) is 2.20. The summed E-state index contributed by atoms with van der Waals surface area (Å²) in [5, 5.41) is 10.6. The molecule has 0 aromatic rings. The molecule has 0 aromatic carbocycles. The van der Waals surface area contributed by atoms with E-state index < -0.39 is 0 Å². The number of fused-ring (bicyclic) bond motifs is 5. The van der Waals surface area contributed by atoms with Crippen LogP contribution in [0.3, 0.4) is 0 Å². The lowest BCUT2D eigenvalue weighted by molar-refractivity contribution is -0.0972. The average Bonchev–Trinajstić information content (AvgIpc) is 2.83. The molecule has 4 rings (SSSR count). The summed E-state index contributed by atoms with van der Waals surface area (Å²) in [7, 11) is 3.64. The second-order valence-corrected chi connectivity index (χ2v) is 9.36. The molecule has 1 N–H and O–H groups in total. The standard InChI is InChI=1S/C21H34O3/c1-20-9-7-14(23-3)11-13(20)5-6-15-16(20)8-10-21(2)17(15)12-18(22)19(21)24-4/h5,14-19,22H,6-12H2,1-4H3. The summed E-state index contributed by atoms with van der Waals surface area (Å²) in [6, 6.07) is 0. The van der Waals surface area contributed by atoms with E-state index in [1.165, 1.54) is 32.1 Å². The lowest BCUT2D eigenvalue weighted by Gasteiger charge is -2.57. The van der Waals surface area contributed by atoms with Crippen molar-refractivity contribution >= 4 is 0 Å². The van der Waals surface area contributed by atoms with Crippen molar-refractivity contribution in [3.05, 3.63) is 11.6 Å². The van der Waals surface area contributed by atoms with Gasteiger partial charge in [0.05, 0.1) is 18.3 Å². The lowest BCUT2D eigenvalue weighted by atomic mass is 9.48. The van der Waals surface area contributed by atoms with E-state index in [0.29, 0.717) is 23.4 Å². The molecule has 0 radical (unpaired) electrons. The van der Waals surface area contributed by atoms with E-state index in [9.17, 15) is 5.11 Å². The van der Waals surface area contributed by atoms with Crippen LogP contribution in [0.15, 0.2) is 11.6 Å². The highest BCUT2D eigenvalue weighted by Crippen LogP contribution is 2.65. The normalized spacial score (nSPS) is 53.8. The van der Waals surface area contributed by atoms with Gasteiger partial charge in [-0.3, -0.25) is 0 Å². The van der Waals surface area contributed by atoms with Gasteiger partial charge in [0.1, 0.15) is 0 Å². The molecular weight excluding hydrogens is 300 g/mol. The number of ether oxygens (including phenoxy) is 2. The molecule has 0 aromatic heterocycles. The fraction of sp³-hybridized carbons (Fsp3) is 0.905. The Morgan fingerprint density at radius 1 is 1.08 bits per heavy atom. The number of hydrogen-bond donors (Lipinski definition) is 1. The fourth-order valence-corrected chi connectivity index (χ4v) is 7.22. The Labute approximate surface area is 146 Å². The molecule has 3 nitrogen and oxygen atoms in total. The second kappa shape index (κ2) is 5.82. The number of rotatable bonds is 2. The highest BCUT2D eigenvalue weighted by molar-refractivity contribution is 5.25. The van der Waals surface area contributed by atoms with Gasteiger partial charge in [0.25, 0.3) is 0 Å². The van der Waals surface area contributed by atoms with Crippen LogP contribution < -0.4 is 0 Å². The molecule has 24 heavy (non-hydrogen) atoms. The summed E-state index contributed by atoms with van der Waals surface area (Å²) in [4.78, 5) is 0. The maximum atomic E-state index is 10.6. The van der Waals surface area contributed by atoms with Crippen LogP contribution in [-0.2, 0) is 9.47 Å². The minimum atomic E-state index is -0.286. The van der Waals surface area contributed by atoms with E-state index in [4.69, 9.17) is 9.47 Å². The Morgan fingerprint density at radius 2 is 1.88 bits per heavy atom. The Kier molecular flexibility index (Phi) is 4.14. The van der Waals surface area contributed by atoms with Crippen molar-refractivity contribution in [3.63, 3.8) is 0 Å². The largest absolute Gasteiger partial charge is 0.390 e. The maximum Gasteiger partial charge on any atom is 0.0886 e. The van der Waals surface area contributed by atoms with Crippen LogP contribution in [0.1, 0.15) is 58.8 Å². The third-order valence-electron chi connectivity index (χ3n) is 8.58. The van der Waals surface area contributed by atoms with Crippen LogP contribution in [0.5, 0.6) is 0 Å². The SMILES string of the molecule is COC1CCC2(C)C(=CCC3C2CCC2(C)C3CC(O)C2OC)C1. The fourth-order valence-electron chi connectivity index (χ4n) is 7.22. The highest BCUT2D eigenvalue weighted by Gasteiger charge is 2.61. The number of methoxy groups -OCH3 is 2. The first-order valence-electron chi connectivity index (χ1n) is 9.87. The molecular formula is C21H34O3. The number of aliphatic hydroxyl groups is 1. The van der Waals surface area contributed by atoms with E-state index in [2.05, 4.69) is 19.9 Å². The van der Waals surface area contributed by atoms with Gasteiger partial charge in [0.2, 0.25) is 0 Å². The zero-order valence-electron chi connectivity index (χ0n) is 15.8. The molecule has 3 fully saturated rings. The van der Waals surface area contributed by atoms with Crippen LogP contribution in [0.4, 0.5) is 0 Å². The molecule has 0 saturated heterocycles. The molecule has 0 heterocycles. The van der Waals surface area contributed by atoms with Crippen molar-refractivity contribution < 1.29 is 14.6 Å². The number of hydrogen-bond acceptors (Lipinski definition) is 3. The molecule has 3 heteroatoms. The summed E-state index contributed by atoms with van der Waals surface area (Å²) in [6.07, 6.45) is 10.9. The van der Waals surface area contributed by atoms with Gasteiger partial charge in [-0.2, -0.15) is 0 Å². The van der Waals surface area contributed by atoms with Gasteiger partial charge in [-0.1, -0.05) is 25.5 Å². The molecule has 0 amide bonds. The van der Waals surface area contributed by atoms with Crippen LogP contribution in [0.2, 0.25) is 0 Å². The van der Waals surface area contributed by atoms with Crippen molar-refractivity contribution in [2.45, 2.75) is 77.1 Å². The van der Waals surface area contributed by atoms with Gasteiger partial charge in [-0.15, -0.1) is 0 Å². The van der Waals surface area contributed by atoms with Crippen molar-refractivity contribution in [2.75, 3.05) is 14.2 Å². The molecule has 0 spiro atoms. The van der Waals surface area contributed by atoms with Gasteiger partial charge in [0, 0.05) is 14.2 Å². The Hall–Kier alpha value is -0.380. The van der Waals surface area contributed by atoms with Gasteiger partial charge < -0.3 is 14.6 Å². The summed E-state index contributed by atoms with van der Waals surface area (Å²) in [5.41, 5.74) is 2.17. The van der Waals surface area contributed by atoms with E-state index in [1.807, 2.05) is 7.11 Å². The molecule has 4 aliphatic rings. The number of aliphatic hydroxyl groups excluding tert-OH is 1. The van der Waals surface area contributed by atoms with Crippen LogP contribution in [0, 0.1) is 28.6 Å². The highest BCUT2D eigenvalue weighted by atomic mass is 16.5. The Balaban J connectivity index is 1.64. The van der Waals surface area contributed by atoms with Crippen molar-refractivity contribution in [3.8, 4) is 0 Å². The topological polar surface area (TPSA) is 38.7 Å². The van der Waals surface area contributed by atoms with E-state index in [0.717, 1.165) is 18.8 Å². The zero-order valence-corrected chi connectivity index (χ0v) is 15.8. The molecule has 0 bridgehead atoms. The first kappa shape index (κ1) is 17.1. The van der Waals surface area contributed by atoms with Gasteiger partial charge >= 0.3 is 0 Å². The predicted molar refractivity (Wildman–Crippen MR) is 94.7 cm³/mol. The Morgan fingerprint density at radius 3 is 2.58 bits per heavy atom. The van der Waals surface area contributed by atoms with Gasteiger partial charge in [0.15, 0.2) is 0 Å². The van der Waals surface area contributed by atoms with Crippen LogP contribution in [-0.4, -0.2) is 37.6 Å². The average molecular weight is 335 g/mol. The summed E-state index contributed by atoms with van der Waals surface area (Å²) in [5.74, 6) is 2.09. The maximum absolute atomic E-state index is 10.6. The molecule has 136 valence electrons. The molecule has 4 aliphatic carbocycles. The molecule has 0 aliphatic heterocycles. The first-order chi connectivity index (χ1) is 11.4. The summed E-state index contributed by atoms with van der Waals surface area (Å²) in [6.45, 7) is 4.89. The van der Waals surface area contributed by atoms with Gasteiger partial charge in [-0.05, 0) is 73.5 Å². The summed E-state index contributed by atoms with van der Waals surface area (Å²) < 4.78 is 11.4. The van der Waals surface area contributed by atoms with Crippen LogP contribution in [0.25, 0.3) is 0 Å². The Bertz CT molecular complexity index is 529. The first-order valence-corrected chi connectivity index (χ1v) is 9.87. The van der Waals surface area contributed by atoms with E-state index >= 15 is 0 Å². The third-order valence-corrected chi connectivity index (χ3v) is 8.58. The van der Waals surface area contributed by atoms with E-state index in [-0.39, 0.29) is 17.6 Å². The minimum Gasteiger partial charge on any atom is -0.390 e. The van der Waals surface area contributed by atoms with Gasteiger partial charge in [-0.25, -0.2) is 0 Å². The zero-order chi connectivity index (χ0) is 17.1. The molecule has 8 atom stereocenters. The smallest absolute Gasteiger partial charge is 0.0886 e. The minimum absolute atomic E-state index is 0.0193. The number of allylic oxidation sites excluding steroid dienone is 1. The van der Waals surface area contributed by atoms with Crippen LogP contribution >= 0.6 is 0 Å².